The summed E-state index contributed by atoms with van der Waals surface area (Å²) in [5.74, 6) is 0.119. The quantitative estimate of drug-likeness (QED) is 0.877. The van der Waals surface area contributed by atoms with Crippen LogP contribution in [0.2, 0.25) is 0 Å². The molecule has 6 heteroatoms. The number of likely N-dealkylation sites (tertiary alicyclic amines) is 1. The minimum atomic E-state index is 0.119. The van der Waals surface area contributed by atoms with Gasteiger partial charge in [0.2, 0.25) is 5.91 Å². The summed E-state index contributed by atoms with van der Waals surface area (Å²) in [6.45, 7) is 5.45. The summed E-state index contributed by atoms with van der Waals surface area (Å²) in [5, 5.41) is 11.9. The number of nitriles is 1. The maximum Gasteiger partial charge on any atom is 0.241 e. The van der Waals surface area contributed by atoms with Crippen LogP contribution in [-0.2, 0) is 9.53 Å². The van der Waals surface area contributed by atoms with Gasteiger partial charge in [0.05, 0.1) is 31.4 Å². The number of amides is 1. The number of carbonyl (C=O) groups excluding carboxylic acids is 1. The Hall–Kier alpha value is -2.10. The van der Waals surface area contributed by atoms with E-state index in [1.807, 2.05) is 17.0 Å². The Morgan fingerprint density at radius 2 is 1.95 bits per heavy atom. The number of ether oxygens (including phenoxy) is 1. The highest BCUT2D eigenvalue weighted by molar-refractivity contribution is 5.81. The van der Waals surface area contributed by atoms with Crippen molar-refractivity contribution < 1.29 is 9.53 Å². The van der Waals surface area contributed by atoms with Crippen LogP contribution in [0, 0.1) is 11.3 Å². The molecule has 2 fully saturated rings. The van der Waals surface area contributed by atoms with E-state index in [2.05, 4.69) is 16.3 Å². The zero-order chi connectivity index (χ0) is 15.4. The standard InChI is InChI=1S/C16H20N4O2/c17-9-13-1-3-14(4-2-13)18-10-16(21)20-11-15(12-20)19-5-7-22-8-6-19/h1-4,15,18H,5-8,10-12H2. The molecule has 2 heterocycles. The molecule has 0 bridgehead atoms. The molecule has 3 rings (SSSR count). The lowest BCUT2D eigenvalue weighted by Crippen LogP contribution is -2.63. The maximum absolute atomic E-state index is 12.1. The Kier molecular flexibility index (Phi) is 4.56. The highest BCUT2D eigenvalue weighted by Gasteiger charge is 2.34. The largest absolute Gasteiger partial charge is 0.379 e. The van der Waals surface area contributed by atoms with Gasteiger partial charge in [0.25, 0.3) is 0 Å². The highest BCUT2D eigenvalue weighted by atomic mass is 16.5. The van der Waals surface area contributed by atoms with Crippen molar-refractivity contribution >= 4 is 11.6 Å². The summed E-state index contributed by atoms with van der Waals surface area (Å²) < 4.78 is 5.34. The summed E-state index contributed by atoms with van der Waals surface area (Å²) in [4.78, 5) is 16.4. The third kappa shape index (κ3) is 3.38. The lowest BCUT2D eigenvalue weighted by atomic mass is 10.1. The van der Waals surface area contributed by atoms with Crippen LogP contribution in [0.25, 0.3) is 0 Å². The SMILES string of the molecule is N#Cc1ccc(NCC(=O)N2CC(N3CCOCC3)C2)cc1. The molecule has 0 unspecified atom stereocenters. The lowest BCUT2D eigenvalue weighted by Gasteiger charge is -2.46. The van der Waals surface area contributed by atoms with E-state index in [4.69, 9.17) is 10.00 Å². The van der Waals surface area contributed by atoms with Crippen LogP contribution in [0.1, 0.15) is 5.56 Å². The number of rotatable bonds is 4. The number of benzene rings is 1. The van der Waals surface area contributed by atoms with E-state index in [0.717, 1.165) is 45.1 Å². The first-order valence-electron chi connectivity index (χ1n) is 7.60. The van der Waals surface area contributed by atoms with Crippen LogP contribution in [-0.4, -0.2) is 67.7 Å². The monoisotopic (exact) mass is 300 g/mol. The molecular weight excluding hydrogens is 280 g/mol. The fourth-order valence-electron chi connectivity index (χ4n) is 2.78. The third-order valence-corrected chi connectivity index (χ3v) is 4.23. The Balaban J connectivity index is 1.40. The minimum absolute atomic E-state index is 0.119. The second kappa shape index (κ2) is 6.77. The van der Waals surface area contributed by atoms with Crippen molar-refractivity contribution in [1.82, 2.24) is 9.80 Å². The first-order chi connectivity index (χ1) is 10.8. The van der Waals surface area contributed by atoms with Crippen molar-refractivity contribution in [3.8, 4) is 6.07 Å². The summed E-state index contributed by atoms with van der Waals surface area (Å²) in [7, 11) is 0. The van der Waals surface area contributed by atoms with Gasteiger partial charge >= 0.3 is 0 Å². The van der Waals surface area contributed by atoms with E-state index in [-0.39, 0.29) is 5.91 Å². The first-order valence-corrected chi connectivity index (χ1v) is 7.60. The Morgan fingerprint density at radius 3 is 2.59 bits per heavy atom. The van der Waals surface area contributed by atoms with Crippen molar-refractivity contribution in [1.29, 1.82) is 5.26 Å². The van der Waals surface area contributed by atoms with Crippen molar-refractivity contribution in [2.24, 2.45) is 0 Å². The average molecular weight is 300 g/mol. The normalized spacial score (nSPS) is 19.3. The maximum atomic E-state index is 12.1. The van der Waals surface area contributed by atoms with Gasteiger partial charge in [0.15, 0.2) is 0 Å². The van der Waals surface area contributed by atoms with Gasteiger partial charge < -0.3 is 15.0 Å². The molecule has 2 saturated heterocycles. The Labute approximate surface area is 130 Å². The van der Waals surface area contributed by atoms with Gasteiger partial charge in [-0.05, 0) is 24.3 Å². The van der Waals surface area contributed by atoms with Crippen LogP contribution in [0.5, 0.6) is 0 Å². The predicted octanol–water partition coefficient (Wildman–Crippen LogP) is 0.513. The molecule has 2 aliphatic heterocycles. The Bertz CT molecular complexity index is 555. The summed E-state index contributed by atoms with van der Waals surface area (Å²) in [6, 6.07) is 9.68. The molecule has 0 aromatic heterocycles. The number of carbonyl (C=O) groups is 1. The second-order valence-electron chi connectivity index (χ2n) is 5.64. The molecule has 0 atom stereocenters. The molecule has 0 spiro atoms. The topological polar surface area (TPSA) is 68.6 Å². The zero-order valence-electron chi connectivity index (χ0n) is 12.5. The zero-order valence-corrected chi connectivity index (χ0v) is 12.5. The Morgan fingerprint density at radius 1 is 1.27 bits per heavy atom. The predicted molar refractivity (Wildman–Crippen MR) is 82.4 cm³/mol. The first kappa shape index (κ1) is 14.8. The third-order valence-electron chi connectivity index (χ3n) is 4.23. The molecule has 2 aliphatic rings. The number of nitrogens with zero attached hydrogens (tertiary/aromatic N) is 3. The van der Waals surface area contributed by atoms with E-state index in [1.54, 1.807) is 12.1 Å². The molecule has 0 saturated carbocycles. The van der Waals surface area contributed by atoms with Crippen LogP contribution in [0.3, 0.4) is 0 Å². The second-order valence-corrected chi connectivity index (χ2v) is 5.64. The van der Waals surface area contributed by atoms with E-state index in [9.17, 15) is 4.79 Å². The van der Waals surface area contributed by atoms with Gasteiger partial charge in [-0.3, -0.25) is 9.69 Å². The fraction of sp³-hybridized carbons (Fsp3) is 0.500. The van der Waals surface area contributed by atoms with Gasteiger partial charge in [-0.1, -0.05) is 0 Å². The molecule has 6 nitrogen and oxygen atoms in total. The number of hydrogen-bond acceptors (Lipinski definition) is 5. The van der Waals surface area contributed by atoms with Crippen LogP contribution < -0.4 is 5.32 Å². The number of hydrogen-bond donors (Lipinski definition) is 1. The van der Waals surface area contributed by atoms with Gasteiger partial charge in [0, 0.05) is 37.9 Å². The van der Waals surface area contributed by atoms with Gasteiger partial charge in [-0.2, -0.15) is 5.26 Å². The lowest BCUT2D eigenvalue weighted by molar-refractivity contribution is -0.138. The highest BCUT2D eigenvalue weighted by Crippen LogP contribution is 2.17. The van der Waals surface area contributed by atoms with Crippen LogP contribution in [0.15, 0.2) is 24.3 Å². The molecule has 1 aromatic rings. The van der Waals surface area contributed by atoms with E-state index < -0.39 is 0 Å². The minimum Gasteiger partial charge on any atom is -0.379 e. The van der Waals surface area contributed by atoms with E-state index >= 15 is 0 Å². The van der Waals surface area contributed by atoms with Crippen molar-refractivity contribution in [2.75, 3.05) is 51.3 Å². The molecule has 0 radical (unpaired) electrons. The summed E-state index contributed by atoms with van der Waals surface area (Å²) >= 11 is 0. The van der Waals surface area contributed by atoms with Crippen LogP contribution in [0.4, 0.5) is 5.69 Å². The smallest absolute Gasteiger partial charge is 0.241 e. The van der Waals surface area contributed by atoms with Gasteiger partial charge in [-0.15, -0.1) is 0 Å². The summed E-state index contributed by atoms with van der Waals surface area (Å²) in [6.07, 6.45) is 0. The van der Waals surface area contributed by atoms with Gasteiger partial charge in [-0.25, -0.2) is 0 Å². The van der Waals surface area contributed by atoms with Crippen molar-refractivity contribution in [2.45, 2.75) is 6.04 Å². The molecule has 1 amide bonds. The molecule has 22 heavy (non-hydrogen) atoms. The molecule has 0 aliphatic carbocycles. The number of morpholine rings is 1. The fourth-order valence-corrected chi connectivity index (χ4v) is 2.78. The van der Waals surface area contributed by atoms with E-state index in [0.29, 0.717) is 18.2 Å². The van der Waals surface area contributed by atoms with Crippen LogP contribution >= 0.6 is 0 Å². The van der Waals surface area contributed by atoms with Gasteiger partial charge in [0.1, 0.15) is 0 Å². The summed E-state index contributed by atoms with van der Waals surface area (Å²) in [5.41, 5.74) is 1.48. The van der Waals surface area contributed by atoms with E-state index in [1.165, 1.54) is 0 Å². The molecule has 1 N–H and O–H groups in total. The number of nitrogens with one attached hydrogen (secondary N) is 1. The number of anilines is 1. The van der Waals surface area contributed by atoms with Crippen molar-refractivity contribution in [3.05, 3.63) is 29.8 Å². The molecular formula is C16H20N4O2. The van der Waals surface area contributed by atoms with Crippen molar-refractivity contribution in [3.63, 3.8) is 0 Å². The average Bonchev–Trinajstić information content (AvgIpc) is 2.53. The molecule has 1 aromatic carbocycles. The molecule has 116 valence electrons.